The SMILES string of the molecule is Cc1cc2c(cc1C1(c3ccc(/C=C4/SC(=O)NC4=O)cc3)OCCO1)C(C)(C)CCC2(C)C. The number of imide groups is 1. The minimum absolute atomic E-state index is 0.0834. The molecule has 1 aliphatic carbocycles. The third-order valence-corrected chi connectivity index (χ3v) is 8.29. The van der Waals surface area contributed by atoms with E-state index in [1.165, 1.54) is 17.5 Å². The molecule has 2 aliphatic heterocycles. The molecule has 0 spiro atoms. The average Bonchev–Trinajstić information content (AvgIpc) is 3.39. The second-order valence-corrected chi connectivity index (χ2v) is 11.8. The van der Waals surface area contributed by atoms with E-state index in [-0.39, 0.29) is 22.0 Å². The van der Waals surface area contributed by atoms with Gasteiger partial charge in [-0.15, -0.1) is 0 Å². The Kier molecular flexibility index (Phi) is 5.54. The molecule has 0 bridgehead atoms. The highest BCUT2D eigenvalue weighted by Crippen LogP contribution is 2.49. The number of benzene rings is 2. The van der Waals surface area contributed by atoms with E-state index in [1.807, 2.05) is 24.3 Å². The van der Waals surface area contributed by atoms with Crippen molar-refractivity contribution in [3.05, 3.63) is 74.7 Å². The van der Waals surface area contributed by atoms with E-state index >= 15 is 0 Å². The predicted octanol–water partition coefficient (Wildman–Crippen LogP) is 5.92. The number of fused-ring (bicyclic) bond motifs is 1. The zero-order valence-corrected chi connectivity index (χ0v) is 21.2. The molecule has 2 aromatic rings. The van der Waals surface area contributed by atoms with E-state index in [4.69, 9.17) is 9.47 Å². The average molecular weight is 478 g/mol. The molecule has 1 N–H and O–H groups in total. The summed E-state index contributed by atoms with van der Waals surface area (Å²) in [6.45, 7) is 12.5. The predicted molar refractivity (Wildman–Crippen MR) is 135 cm³/mol. The van der Waals surface area contributed by atoms with Gasteiger partial charge in [-0.1, -0.05) is 58.0 Å². The summed E-state index contributed by atoms with van der Waals surface area (Å²) in [6, 6.07) is 12.5. The zero-order valence-electron chi connectivity index (χ0n) is 20.4. The van der Waals surface area contributed by atoms with Crippen molar-refractivity contribution < 1.29 is 19.1 Å². The molecule has 0 unspecified atom stereocenters. The molecular formula is C28H31NO4S. The van der Waals surface area contributed by atoms with Crippen molar-refractivity contribution in [2.24, 2.45) is 0 Å². The highest BCUT2D eigenvalue weighted by molar-refractivity contribution is 8.18. The monoisotopic (exact) mass is 477 g/mol. The van der Waals surface area contributed by atoms with Crippen molar-refractivity contribution in [2.45, 2.75) is 64.1 Å². The van der Waals surface area contributed by atoms with Gasteiger partial charge in [0, 0.05) is 11.1 Å². The summed E-state index contributed by atoms with van der Waals surface area (Å²) in [7, 11) is 0. The summed E-state index contributed by atoms with van der Waals surface area (Å²) in [5, 5.41) is 1.95. The van der Waals surface area contributed by atoms with E-state index in [0.29, 0.717) is 18.1 Å². The van der Waals surface area contributed by atoms with Gasteiger partial charge in [0.2, 0.25) is 5.79 Å². The van der Waals surface area contributed by atoms with E-state index in [1.54, 1.807) is 6.08 Å². The Morgan fingerprint density at radius 1 is 0.882 bits per heavy atom. The fourth-order valence-electron chi connectivity index (χ4n) is 5.34. The molecule has 5 nitrogen and oxygen atoms in total. The number of nitrogens with one attached hydrogen (secondary N) is 1. The summed E-state index contributed by atoms with van der Waals surface area (Å²) >= 11 is 0.921. The lowest BCUT2D eigenvalue weighted by atomic mass is 9.62. The van der Waals surface area contributed by atoms with Gasteiger partial charge in [-0.3, -0.25) is 14.9 Å². The van der Waals surface area contributed by atoms with Crippen LogP contribution >= 0.6 is 11.8 Å². The number of carbonyl (C=O) groups is 2. The van der Waals surface area contributed by atoms with Crippen LogP contribution in [0.5, 0.6) is 0 Å². The van der Waals surface area contributed by atoms with Crippen LogP contribution in [0.3, 0.4) is 0 Å². The van der Waals surface area contributed by atoms with Gasteiger partial charge in [-0.2, -0.15) is 0 Å². The molecule has 2 fully saturated rings. The first-order valence-electron chi connectivity index (χ1n) is 11.8. The Labute approximate surface area is 205 Å². The van der Waals surface area contributed by atoms with E-state index in [9.17, 15) is 9.59 Å². The number of rotatable bonds is 3. The second-order valence-electron chi connectivity index (χ2n) is 10.8. The highest BCUT2D eigenvalue weighted by atomic mass is 32.2. The highest BCUT2D eigenvalue weighted by Gasteiger charge is 2.45. The van der Waals surface area contributed by atoms with Gasteiger partial charge < -0.3 is 9.47 Å². The van der Waals surface area contributed by atoms with Crippen molar-refractivity contribution >= 4 is 29.0 Å². The van der Waals surface area contributed by atoms with Crippen molar-refractivity contribution in [2.75, 3.05) is 13.2 Å². The minimum Gasteiger partial charge on any atom is -0.340 e. The van der Waals surface area contributed by atoms with Crippen LogP contribution in [0.1, 0.15) is 73.9 Å². The number of amides is 2. The van der Waals surface area contributed by atoms with E-state index in [0.717, 1.165) is 40.4 Å². The summed E-state index contributed by atoms with van der Waals surface area (Å²) < 4.78 is 12.7. The Morgan fingerprint density at radius 2 is 1.47 bits per heavy atom. The van der Waals surface area contributed by atoms with E-state index in [2.05, 4.69) is 52.1 Å². The van der Waals surface area contributed by atoms with Crippen molar-refractivity contribution in [1.29, 1.82) is 0 Å². The van der Waals surface area contributed by atoms with Gasteiger partial charge in [0.25, 0.3) is 11.1 Å². The maximum Gasteiger partial charge on any atom is 0.290 e. The normalized spacial score (nSPS) is 23.7. The molecule has 0 saturated carbocycles. The summed E-state index contributed by atoms with van der Waals surface area (Å²) in [5.74, 6) is -1.31. The smallest absolute Gasteiger partial charge is 0.290 e. The largest absolute Gasteiger partial charge is 0.340 e. The molecule has 34 heavy (non-hydrogen) atoms. The van der Waals surface area contributed by atoms with Crippen molar-refractivity contribution in [1.82, 2.24) is 5.32 Å². The van der Waals surface area contributed by atoms with Gasteiger partial charge in [0.15, 0.2) is 0 Å². The molecule has 5 rings (SSSR count). The summed E-state index contributed by atoms with van der Waals surface area (Å²) in [6.07, 6.45) is 4.04. The number of ether oxygens (including phenoxy) is 2. The van der Waals surface area contributed by atoms with Gasteiger partial charge in [-0.25, -0.2) is 0 Å². The summed E-state index contributed by atoms with van der Waals surface area (Å²) in [5.41, 5.74) is 6.99. The lowest BCUT2D eigenvalue weighted by Crippen LogP contribution is -2.36. The first kappa shape index (κ1) is 23.3. The van der Waals surface area contributed by atoms with Gasteiger partial charge in [0.05, 0.1) is 18.1 Å². The number of hydrogen-bond donors (Lipinski definition) is 1. The zero-order chi connectivity index (χ0) is 24.3. The Bertz CT molecular complexity index is 1200. The molecule has 0 radical (unpaired) electrons. The minimum atomic E-state index is -0.960. The molecule has 2 heterocycles. The van der Waals surface area contributed by atoms with Gasteiger partial charge in [-0.05, 0) is 76.8 Å². The van der Waals surface area contributed by atoms with Crippen LogP contribution in [0.15, 0.2) is 41.3 Å². The number of carbonyl (C=O) groups excluding carboxylic acids is 2. The third-order valence-electron chi connectivity index (χ3n) is 7.48. The standard InChI is InChI=1S/C28H31NO4S/c1-17-14-21-22(27(4,5)11-10-26(21,2)3)16-20(17)28(32-12-13-33-28)19-8-6-18(7-9-19)15-23-24(30)29-25(31)34-23/h6-9,14-16H,10-13H2,1-5H3,(H,29,30,31)/b23-15+. The maximum atomic E-state index is 11.9. The molecule has 0 atom stereocenters. The summed E-state index contributed by atoms with van der Waals surface area (Å²) in [4.78, 5) is 23.8. The van der Waals surface area contributed by atoms with Crippen LogP contribution in [0.2, 0.25) is 0 Å². The topological polar surface area (TPSA) is 64.6 Å². The molecule has 2 amide bonds. The maximum absolute atomic E-state index is 11.9. The Balaban J connectivity index is 1.58. The van der Waals surface area contributed by atoms with Crippen LogP contribution in [-0.4, -0.2) is 24.4 Å². The van der Waals surface area contributed by atoms with E-state index < -0.39 is 5.79 Å². The van der Waals surface area contributed by atoms with Crippen molar-refractivity contribution in [3.63, 3.8) is 0 Å². The fourth-order valence-corrected chi connectivity index (χ4v) is 6.02. The van der Waals surface area contributed by atoms with Crippen LogP contribution in [0.25, 0.3) is 6.08 Å². The quantitative estimate of drug-likeness (QED) is 0.556. The second kappa shape index (κ2) is 8.08. The van der Waals surface area contributed by atoms with Gasteiger partial charge in [0.1, 0.15) is 0 Å². The lowest BCUT2D eigenvalue weighted by Gasteiger charge is -2.43. The number of thioether (sulfide) groups is 1. The van der Waals surface area contributed by atoms with Crippen LogP contribution in [0.4, 0.5) is 4.79 Å². The van der Waals surface area contributed by atoms with Crippen LogP contribution < -0.4 is 5.32 Å². The van der Waals surface area contributed by atoms with Gasteiger partial charge >= 0.3 is 0 Å². The Hall–Kier alpha value is -2.41. The molecule has 178 valence electrons. The molecule has 3 aliphatic rings. The molecule has 6 heteroatoms. The molecule has 2 aromatic carbocycles. The number of hydrogen-bond acceptors (Lipinski definition) is 5. The molecule has 0 aromatic heterocycles. The fraction of sp³-hybridized carbons (Fsp3) is 0.429. The number of aryl methyl sites for hydroxylation is 1. The first-order chi connectivity index (χ1) is 16.0. The van der Waals surface area contributed by atoms with Crippen LogP contribution in [-0.2, 0) is 30.9 Å². The first-order valence-corrected chi connectivity index (χ1v) is 12.6. The lowest BCUT2D eigenvalue weighted by molar-refractivity contribution is -0.130. The molecular weight excluding hydrogens is 446 g/mol. The third kappa shape index (κ3) is 3.82. The Morgan fingerprint density at radius 3 is 2.03 bits per heavy atom. The van der Waals surface area contributed by atoms with Crippen molar-refractivity contribution in [3.8, 4) is 0 Å². The molecule has 2 saturated heterocycles. The van der Waals surface area contributed by atoms with Crippen LogP contribution in [0, 0.1) is 6.92 Å².